The largest absolute Gasteiger partial charge is 0.462 e. The van der Waals surface area contributed by atoms with Crippen molar-refractivity contribution in [3.63, 3.8) is 0 Å². The van der Waals surface area contributed by atoms with E-state index < -0.39 is 11.4 Å². The normalized spacial score (nSPS) is 19.5. The Morgan fingerprint density at radius 1 is 1.07 bits per heavy atom. The van der Waals surface area contributed by atoms with Crippen LogP contribution in [0, 0.1) is 5.82 Å². The van der Waals surface area contributed by atoms with E-state index in [-0.39, 0.29) is 40.3 Å². The average molecular weight is 655 g/mol. The number of fused-ring (bicyclic) bond motifs is 2. The van der Waals surface area contributed by atoms with Crippen LogP contribution in [0.4, 0.5) is 15.0 Å². The van der Waals surface area contributed by atoms with Crippen LogP contribution < -0.4 is 9.64 Å². The lowest BCUT2D eigenvalue weighted by Gasteiger charge is -2.41. The van der Waals surface area contributed by atoms with Gasteiger partial charge in [-0.25, -0.2) is 9.18 Å². The molecule has 0 spiro atoms. The third kappa shape index (κ3) is 6.35. The predicted molar refractivity (Wildman–Crippen MR) is 178 cm³/mol. The van der Waals surface area contributed by atoms with Gasteiger partial charge in [0.2, 0.25) is 0 Å². The van der Waals surface area contributed by atoms with Gasteiger partial charge in [-0.1, -0.05) is 53.5 Å². The number of carbonyl (C=O) groups excluding carboxylic acids is 1. The molecule has 0 N–H and O–H groups in total. The van der Waals surface area contributed by atoms with Gasteiger partial charge in [-0.05, 0) is 77.2 Å². The Morgan fingerprint density at radius 3 is 2.51 bits per heavy atom. The highest BCUT2D eigenvalue weighted by atomic mass is 35.5. The van der Waals surface area contributed by atoms with E-state index >= 15 is 4.39 Å². The SMILES string of the molecule is C[C@H]1CN(C(=O)OC(C)(C)C)CCN1c1nc(OC[C@@H]2CCCN2C)nc2c(F)c(-c3cccc4cccc(Cl)c34)c(Cl)cc12. The van der Waals surface area contributed by atoms with E-state index in [1.165, 1.54) is 0 Å². The maximum Gasteiger partial charge on any atom is 0.410 e. The van der Waals surface area contributed by atoms with Crippen molar-refractivity contribution >= 4 is 56.8 Å². The summed E-state index contributed by atoms with van der Waals surface area (Å²) in [5.74, 6) is -0.0640. The Balaban J connectivity index is 1.44. The first-order chi connectivity index (χ1) is 21.4. The second kappa shape index (κ2) is 12.4. The van der Waals surface area contributed by atoms with Crippen LogP contribution in [-0.2, 0) is 4.74 Å². The third-order valence-corrected chi connectivity index (χ3v) is 9.21. The molecule has 0 bridgehead atoms. The number of hydrogen-bond donors (Lipinski definition) is 0. The Hall–Kier alpha value is -3.40. The Labute approximate surface area is 273 Å². The molecule has 1 aromatic heterocycles. The summed E-state index contributed by atoms with van der Waals surface area (Å²) >= 11 is 13.5. The third-order valence-electron chi connectivity index (χ3n) is 8.59. The van der Waals surface area contributed by atoms with E-state index in [4.69, 9.17) is 37.7 Å². The standard InChI is InChI=1S/C34H38Cl2FN5O3/c1-20-18-41(33(43)45-34(2,3)4)15-16-42(20)31-24-17-26(36)28(23-12-6-9-21-10-7-13-25(35)27(21)23)29(37)30(24)38-32(39-31)44-19-22-11-8-14-40(22)5/h6-7,9-10,12-13,17,20,22H,8,11,14-16,18-19H2,1-5H3/t20-,22-/m0/s1. The number of hydrogen-bond acceptors (Lipinski definition) is 7. The van der Waals surface area contributed by atoms with Gasteiger partial charge in [-0.15, -0.1) is 0 Å². The smallest absolute Gasteiger partial charge is 0.410 e. The van der Waals surface area contributed by atoms with E-state index in [1.807, 2.05) is 58.0 Å². The van der Waals surface area contributed by atoms with Gasteiger partial charge >= 0.3 is 12.1 Å². The zero-order chi connectivity index (χ0) is 32.0. The van der Waals surface area contributed by atoms with Crippen LogP contribution >= 0.6 is 23.2 Å². The number of likely N-dealkylation sites (N-methyl/N-ethyl adjacent to an activating group) is 1. The molecular weight excluding hydrogens is 616 g/mol. The topological polar surface area (TPSA) is 71.0 Å². The highest BCUT2D eigenvalue weighted by Crippen LogP contribution is 2.43. The van der Waals surface area contributed by atoms with Crippen molar-refractivity contribution in [2.45, 2.75) is 58.2 Å². The molecule has 45 heavy (non-hydrogen) atoms. The summed E-state index contributed by atoms with van der Waals surface area (Å²) in [4.78, 5) is 28.3. The molecule has 1 amide bonds. The molecule has 0 aliphatic carbocycles. The molecular formula is C34H38Cl2FN5O3. The van der Waals surface area contributed by atoms with Crippen LogP contribution in [0.3, 0.4) is 0 Å². The Kier molecular flexibility index (Phi) is 8.71. The minimum atomic E-state index is -0.597. The number of aromatic nitrogens is 2. The van der Waals surface area contributed by atoms with Crippen LogP contribution in [-0.4, -0.2) is 83.4 Å². The fourth-order valence-corrected chi connectivity index (χ4v) is 6.90. The summed E-state index contributed by atoms with van der Waals surface area (Å²) in [6.07, 6.45) is 1.74. The fourth-order valence-electron chi connectivity index (χ4n) is 6.32. The van der Waals surface area contributed by atoms with Crippen molar-refractivity contribution in [1.82, 2.24) is 19.8 Å². The molecule has 2 aliphatic rings. The van der Waals surface area contributed by atoms with Crippen molar-refractivity contribution in [3.8, 4) is 17.1 Å². The molecule has 0 radical (unpaired) electrons. The second-order valence-electron chi connectivity index (χ2n) is 13.0. The maximum atomic E-state index is 16.9. The number of piperazine rings is 1. The maximum absolute atomic E-state index is 16.9. The first-order valence-electron chi connectivity index (χ1n) is 15.4. The molecule has 2 saturated heterocycles. The molecule has 2 aliphatic heterocycles. The highest BCUT2D eigenvalue weighted by molar-refractivity contribution is 6.38. The Morgan fingerprint density at radius 2 is 1.82 bits per heavy atom. The van der Waals surface area contributed by atoms with E-state index in [0.29, 0.717) is 53.4 Å². The van der Waals surface area contributed by atoms with Crippen LogP contribution in [0.25, 0.3) is 32.8 Å². The van der Waals surface area contributed by atoms with Gasteiger partial charge < -0.3 is 24.2 Å². The lowest BCUT2D eigenvalue weighted by molar-refractivity contribution is 0.0218. The number of likely N-dealkylation sites (tertiary alicyclic amines) is 1. The molecule has 3 heterocycles. The first-order valence-corrected chi connectivity index (χ1v) is 16.1. The molecule has 8 nitrogen and oxygen atoms in total. The van der Waals surface area contributed by atoms with Crippen molar-refractivity contribution < 1.29 is 18.7 Å². The van der Waals surface area contributed by atoms with Crippen LogP contribution in [0.5, 0.6) is 6.01 Å². The van der Waals surface area contributed by atoms with Gasteiger partial charge in [-0.3, -0.25) is 0 Å². The van der Waals surface area contributed by atoms with Gasteiger partial charge in [0.15, 0.2) is 5.82 Å². The van der Waals surface area contributed by atoms with Crippen LogP contribution in [0.2, 0.25) is 10.0 Å². The van der Waals surface area contributed by atoms with Gasteiger partial charge in [0.1, 0.15) is 23.5 Å². The Bertz CT molecular complexity index is 1760. The molecule has 6 rings (SSSR count). The number of ether oxygens (including phenoxy) is 2. The predicted octanol–water partition coefficient (Wildman–Crippen LogP) is 7.81. The van der Waals surface area contributed by atoms with E-state index in [2.05, 4.69) is 21.8 Å². The summed E-state index contributed by atoms with van der Waals surface area (Å²) in [7, 11) is 2.07. The number of carbonyl (C=O) groups is 1. The summed E-state index contributed by atoms with van der Waals surface area (Å²) in [5.41, 5.74) is 0.314. The van der Waals surface area contributed by atoms with Crippen LogP contribution in [0.15, 0.2) is 42.5 Å². The van der Waals surface area contributed by atoms with Crippen molar-refractivity contribution in [2.24, 2.45) is 0 Å². The fraction of sp³-hybridized carbons (Fsp3) is 0.441. The lowest BCUT2D eigenvalue weighted by atomic mass is 9.96. The molecule has 0 unspecified atom stereocenters. The zero-order valence-corrected chi connectivity index (χ0v) is 27.8. The van der Waals surface area contributed by atoms with Gasteiger partial charge in [0.25, 0.3) is 0 Å². The van der Waals surface area contributed by atoms with Gasteiger partial charge in [0, 0.05) is 53.1 Å². The molecule has 3 aromatic carbocycles. The second-order valence-corrected chi connectivity index (χ2v) is 13.8. The number of benzene rings is 3. The number of amides is 1. The zero-order valence-electron chi connectivity index (χ0n) is 26.2. The molecule has 11 heteroatoms. The molecule has 2 atom stereocenters. The minimum absolute atomic E-state index is 0.0997. The number of halogens is 3. The van der Waals surface area contributed by atoms with E-state index in [9.17, 15) is 4.79 Å². The number of rotatable bonds is 5. The number of anilines is 1. The molecule has 0 saturated carbocycles. The summed E-state index contributed by atoms with van der Waals surface area (Å²) in [6.45, 7) is 10.2. The summed E-state index contributed by atoms with van der Waals surface area (Å²) in [5, 5.41) is 2.78. The monoisotopic (exact) mass is 653 g/mol. The first kappa shape index (κ1) is 31.6. The summed E-state index contributed by atoms with van der Waals surface area (Å²) < 4.78 is 28.6. The van der Waals surface area contributed by atoms with Gasteiger partial charge in [0.05, 0.1) is 5.02 Å². The minimum Gasteiger partial charge on any atom is -0.462 e. The summed E-state index contributed by atoms with van der Waals surface area (Å²) in [6, 6.07) is 13.1. The lowest BCUT2D eigenvalue weighted by Crippen LogP contribution is -2.55. The average Bonchev–Trinajstić information content (AvgIpc) is 3.39. The molecule has 4 aromatic rings. The van der Waals surface area contributed by atoms with Crippen molar-refractivity contribution in [3.05, 3.63) is 58.3 Å². The van der Waals surface area contributed by atoms with E-state index in [1.54, 1.807) is 17.0 Å². The van der Waals surface area contributed by atoms with Crippen molar-refractivity contribution in [2.75, 3.05) is 44.7 Å². The quantitative estimate of drug-likeness (QED) is 0.217. The van der Waals surface area contributed by atoms with Crippen molar-refractivity contribution in [1.29, 1.82) is 0 Å². The highest BCUT2D eigenvalue weighted by Gasteiger charge is 2.33. The van der Waals surface area contributed by atoms with Gasteiger partial charge in [-0.2, -0.15) is 9.97 Å². The molecule has 238 valence electrons. The van der Waals surface area contributed by atoms with Crippen LogP contribution in [0.1, 0.15) is 40.5 Å². The van der Waals surface area contributed by atoms with E-state index in [0.717, 1.165) is 24.8 Å². The molecule has 2 fully saturated rings. The number of nitrogens with zero attached hydrogens (tertiary/aromatic N) is 5.